The van der Waals surface area contributed by atoms with E-state index in [9.17, 15) is 4.79 Å². The lowest BCUT2D eigenvalue weighted by molar-refractivity contribution is 0.0918. The Morgan fingerprint density at radius 1 is 1.16 bits per heavy atom. The second-order valence-electron chi connectivity index (χ2n) is 3.87. The van der Waals surface area contributed by atoms with Crippen molar-refractivity contribution in [2.45, 2.75) is 0 Å². The standard InChI is InChI=1S/C15H13ClO3/c1-18-15-8-3-2-7-13(15)14(17)10-19-12-6-4-5-11(16)9-12/h2-9H,10H2,1H3. The minimum absolute atomic E-state index is 0.0548. The third-order valence-corrected chi connectivity index (χ3v) is 2.81. The van der Waals surface area contributed by atoms with Crippen LogP contribution < -0.4 is 9.47 Å². The van der Waals surface area contributed by atoms with Gasteiger partial charge in [-0.1, -0.05) is 29.8 Å². The van der Waals surface area contributed by atoms with Crippen LogP contribution in [-0.4, -0.2) is 19.5 Å². The fourth-order valence-corrected chi connectivity index (χ4v) is 1.84. The number of hydrogen-bond acceptors (Lipinski definition) is 3. The number of benzene rings is 2. The van der Waals surface area contributed by atoms with E-state index in [1.807, 2.05) is 6.07 Å². The molecule has 0 aromatic heterocycles. The Morgan fingerprint density at radius 2 is 1.95 bits per heavy atom. The molecule has 0 saturated carbocycles. The first-order chi connectivity index (χ1) is 9.20. The minimum atomic E-state index is -0.141. The van der Waals surface area contributed by atoms with E-state index in [1.165, 1.54) is 7.11 Å². The molecular weight excluding hydrogens is 264 g/mol. The minimum Gasteiger partial charge on any atom is -0.496 e. The normalized spacial score (nSPS) is 10.0. The van der Waals surface area contributed by atoms with E-state index in [0.717, 1.165) is 0 Å². The van der Waals surface area contributed by atoms with Crippen molar-refractivity contribution in [3.05, 3.63) is 59.1 Å². The van der Waals surface area contributed by atoms with Crippen LogP contribution in [-0.2, 0) is 0 Å². The molecule has 0 spiro atoms. The first-order valence-electron chi connectivity index (χ1n) is 5.75. The van der Waals surface area contributed by atoms with Gasteiger partial charge in [-0.15, -0.1) is 0 Å². The van der Waals surface area contributed by atoms with Gasteiger partial charge < -0.3 is 9.47 Å². The predicted molar refractivity (Wildman–Crippen MR) is 74.3 cm³/mol. The molecule has 2 rings (SSSR count). The van der Waals surface area contributed by atoms with Gasteiger partial charge in [0.15, 0.2) is 6.61 Å². The molecule has 98 valence electrons. The molecule has 4 heteroatoms. The van der Waals surface area contributed by atoms with E-state index in [0.29, 0.717) is 22.1 Å². The first-order valence-corrected chi connectivity index (χ1v) is 6.13. The maximum Gasteiger partial charge on any atom is 0.203 e. The van der Waals surface area contributed by atoms with Crippen molar-refractivity contribution in [3.8, 4) is 11.5 Å². The van der Waals surface area contributed by atoms with E-state index in [4.69, 9.17) is 21.1 Å². The summed E-state index contributed by atoms with van der Waals surface area (Å²) in [4.78, 5) is 12.0. The number of ketones is 1. The number of carbonyl (C=O) groups excluding carboxylic acids is 1. The van der Waals surface area contributed by atoms with Crippen molar-refractivity contribution in [2.24, 2.45) is 0 Å². The van der Waals surface area contributed by atoms with Crippen LogP contribution in [0.5, 0.6) is 11.5 Å². The van der Waals surface area contributed by atoms with Gasteiger partial charge in [-0.2, -0.15) is 0 Å². The molecule has 0 heterocycles. The molecule has 0 aliphatic rings. The molecule has 0 aliphatic heterocycles. The number of hydrogen-bond donors (Lipinski definition) is 0. The second kappa shape index (κ2) is 6.25. The summed E-state index contributed by atoms with van der Waals surface area (Å²) in [6, 6.07) is 14.0. The zero-order valence-electron chi connectivity index (χ0n) is 10.4. The summed E-state index contributed by atoms with van der Waals surface area (Å²) in [6.45, 7) is -0.0548. The Bertz CT molecular complexity index is 581. The molecule has 0 bridgehead atoms. The largest absolute Gasteiger partial charge is 0.496 e. The Labute approximate surface area is 116 Å². The highest BCUT2D eigenvalue weighted by atomic mass is 35.5. The number of carbonyl (C=O) groups is 1. The SMILES string of the molecule is COc1ccccc1C(=O)COc1cccc(Cl)c1. The fraction of sp³-hybridized carbons (Fsp3) is 0.133. The van der Waals surface area contributed by atoms with Crippen LogP contribution in [0.15, 0.2) is 48.5 Å². The average molecular weight is 277 g/mol. The lowest BCUT2D eigenvalue weighted by Crippen LogP contribution is -2.12. The van der Waals surface area contributed by atoms with E-state index in [-0.39, 0.29) is 12.4 Å². The third kappa shape index (κ3) is 3.48. The molecule has 0 aliphatic carbocycles. The molecule has 0 unspecified atom stereocenters. The number of para-hydroxylation sites is 1. The highest BCUT2D eigenvalue weighted by Crippen LogP contribution is 2.20. The molecular formula is C15H13ClO3. The van der Waals surface area contributed by atoms with Gasteiger partial charge in [0.1, 0.15) is 11.5 Å². The highest BCUT2D eigenvalue weighted by Gasteiger charge is 2.12. The Kier molecular flexibility index (Phi) is 4.42. The topological polar surface area (TPSA) is 35.5 Å². The molecule has 2 aromatic rings. The van der Waals surface area contributed by atoms with Gasteiger partial charge in [-0.3, -0.25) is 4.79 Å². The maximum atomic E-state index is 12.0. The monoisotopic (exact) mass is 276 g/mol. The van der Waals surface area contributed by atoms with Gasteiger partial charge in [0.05, 0.1) is 12.7 Å². The van der Waals surface area contributed by atoms with Crippen LogP contribution in [0.1, 0.15) is 10.4 Å². The van der Waals surface area contributed by atoms with Crippen LogP contribution in [0.3, 0.4) is 0 Å². The van der Waals surface area contributed by atoms with E-state index < -0.39 is 0 Å². The van der Waals surface area contributed by atoms with Gasteiger partial charge in [-0.25, -0.2) is 0 Å². The summed E-state index contributed by atoms with van der Waals surface area (Å²) in [5.41, 5.74) is 0.507. The van der Waals surface area contributed by atoms with Crippen molar-refractivity contribution in [1.82, 2.24) is 0 Å². The summed E-state index contributed by atoms with van der Waals surface area (Å²) < 4.78 is 10.6. The second-order valence-corrected chi connectivity index (χ2v) is 4.31. The number of ether oxygens (including phenoxy) is 2. The molecule has 0 radical (unpaired) electrons. The summed E-state index contributed by atoms with van der Waals surface area (Å²) in [6.07, 6.45) is 0. The van der Waals surface area contributed by atoms with Gasteiger partial charge in [0.25, 0.3) is 0 Å². The molecule has 2 aromatic carbocycles. The van der Waals surface area contributed by atoms with E-state index in [1.54, 1.807) is 42.5 Å². The van der Waals surface area contributed by atoms with Gasteiger partial charge in [-0.05, 0) is 30.3 Å². The summed E-state index contributed by atoms with van der Waals surface area (Å²) in [5, 5.41) is 0.572. The van der Waals surface area contributed by atoms with Gasteiger partial charge in [0, 0.05) is 5.02 Å². The smallest absolute Gasteiger partial charge is 0.203 e. The zero-order chi connectivity index (χ0) is 13.7. The van der Waals surface area contributed by atoms with Gasteiger partial charge in [0.2, 0.25) is 5.78 Å². The van der Waals surface area contributed by atoms with E-state index >= 15 is 0 Å². The molecule has 0 amide bonds. The lowest BCUT2D eigenvalue weighted by Gasteiger charge is -2.08. The molecule has 0 fully saturated rings. The predicted octanol–water partition coefficient (Wildman–Crippen LogP) is 3.61. The number of rotatable bonds is 5. The molecule has 19 heavy (non-hydrogen) atoms. The third-order valence-electron chi connectivity index (χ3n) is 2.57. The van der Waals surface area contributed by atoms with Crippen LogP contribution in [0.4, 0.5) is 0 Å². The van der Waals surface area contributed by atoms with E-state index in [2.05, 4.69) is 0 Å². The quantitative estimate of drug-likeness (QED) is 0.783. The maximum absolute atomic E-state index is 12.0. The zero-order valence-corrected chi connectivity index (χ0v) is 11.2. The highest BCUT2D eigenvalue weighted by molar-refractivity contribution is 6.30. The molecule has 0 N–H and O–H groups in total. The van der Waals surface area contributed by atoms with Crippen molar-refractivity contribution in [3.63, 3.8) is 0 Å². The number of Topliss-reactive ketones (excluding diaryl/α,β-unsaturated/α-hetero) is 1. The molecule has 0 saturated heterocycles. The average Bonchev–Trinajstić information content (AvgIpc) is 2.45. The van der Waals surface area contributed by atoms with Crippen molar-refractivity contribution in [2.75, 3.05) is 13.7 Å². The van der Waals surface area contributed by atoms with Gasteiger partial charge >= 0.3 is 0 Å². The Morgan fingerprint density at radius 3 is 2.68 bits per heavy atom. The fourth-order valence-electron chi connectivity index (χ4n) is 1.66. The summed E-state index contributed by atoms with van der Waals surface area (Å²) in [7, 11) is 1.53. The van der Waals surface area contributed by atoms with Crippen molar-refractivity contribution in [1.29, 1.82) is 0 Å². The first kappa shape index (κ1) is 13.4. The lowest BCUT2D eigenvalue weighted by atomic mass is 10.1. The van der Waals surface area contributed by atoms with Crippen molar-refractivity contribution >= 4 is 17.4 Å². The molecule has 3 nitrogen and oxygen atoms in total. The Hall–Kier alpha value is -2.00. The van der Waals surface area contributed by atoms with Crippen molar-refractivity contribution < 1.29 is 14.3 Å². The van der Waals surface area contributed by atoms with Crippen LogP contribution in [0.25, 0.3) is 0 Å². The van der Waals surface area contributed by atoms with Crippen LogP contribution >= 0.6 is 11.6 Å². The van der Waals surface area contributed by atoms with Crippen LogP contribution in [0, 0.1) is 0 Å². The summed E-state index contributed by atoms with van der Waals surface area (Å²) >= 11 is 5.84. The summed E-state index contributed by atoms with van der Waals surface area (Å²) in [5.74, 6) is 0.968. The number of methoxy groups -OCH3 is 1. The molecule has 0 atom stereocenters. The van der Waals surface area contributed by atoms with Crippen LogP contribution in [0.2, 0.25) is 5.02 Å². The Balaban J connectivity index is 2.05. The number of halogens is 1.